The van der Waals surface area contributed by atoms with Gasteiger partial charge in [-0.25, -0.2) is 0 Å². The van der Waals surface area contributed by atoms with Gasteiger partial charge in [0.2, 0.25) is 0 Å². The van der Waals surface area contributed by atoms with E-state index < -0.39 is 0 Å². The fourth-order valence-corrected chi connectivity index (χ4v) is 1.15. The molecule has 66 valence electrons. The fourth-order valence-electron chi connectivity index (χ4n) is 1.15. The van der Waals surface area contributed by atoms with Crippen LogP contribution >= 0.6 is 0 Å². The molecule has 1 rings (SSSR count). The Morgan fingerprint density at radius 1 is 1.36 bits per heavy atom. The number of hydrogen-bond donors (Lipinski definition) is 1. The molecule has 0 amide bonds. The van der Waals surface area contributed by atoms with Crippen molar-refractivity contribution in [2.75, 3.05) is 26.3 Å². The van der Waals surface area contributed by atoms with Crippen molar-refractivity contribution in [3.05, 3.63) is 0 Å². The van der Waals surface area contributed by atoms with E-state index >= 15 is 0 Å². The summed E-state index contributed by atoms with van der Waals surface area (Å²) in [5, 5.41) is 3.26. The Bertz CT molecular complexity index is 91.6. The van der Waals surface area contributed by atoms with Crippen LogP contribution in [0.3, 0.4) is 0 Å². The molecule has 0 radical (unpaired) electrons. The number of rotatable bonds is 6. The number of hydrogen-bond acceptors (Lipinski definition) is 2. The maximum absolute atomic E-state index is 5.45. The first kappa shape index (κ1) is 9.01. The predicted octanol–water partition coefficient (Wildman–Crippen LogP) is 1.41. The molecule has 1 fully saturated rings. The molecule has 0 spiro atoms. The summed E-state index contributed by atoms with van der Waals surface area (Å²) in [6.07, 6.45) is 3.70. The highest BCUT2D eigenvalue weighted by atomic mass is 16.5. The fraction of sp³-hybridized carbons (Fsp3) is 1.00. The van der Waals surface area contributed by atoms with Gasteiger partial charge in [-0.3, -0.25) is 0 Å². The maximum Gasteiger partial charge on any atom is 0.0469 e. The van der Waals surface area contributed by atoms with Crippen LogP contribution in [0.4, 0.5) is 0 Å². The zero-order chi connectivity index (χ0) is 7.94. The number of unbranched alkanes of at least 4 members (excludes halogenated alkanes) is 1. The minimum atomic E-state index is 0.900. The third-order valence-corrected chi connectivity index (χ3v) is 2.18. The van der Waals surface area contributed by atoms with Gasteiger partial charge in [0.05, 0.1) is 0 Å². The SMILES string of the molecule is CCCCOCCC1CNC1. The molecular weight excluding hydrogens is 138 g/mol. The molecule has 0 bridgehead atoms. The summed E-state index contributed by atoms with van der Waals surface area (Å²) in [5.41, 5.74) is 0. The van der Waals surface area contributed by atoms with E-state index in [1.54, 1.807) is 0 Å². The van der Waals surface area contributed by atoms with Crippen LogP contribution in [0.1, 0.15) is 26.2 Å². The third-order valence-electron chi connectivity index (χ3n) is 2.18. The van der Waals surface area contributed by atoms with Crippen molar-refractivity contribution < 1.29 is 4.74 Å². The number of nitrogens with one attached hydrogen (secondary N) is 1. The van der Waals surface area contributed by atoms with Crippen LogP contribution in [0.5, 0.6) is 0 Å². The van der Waals surface area contributed by atoms with Gasteiger partial charge in [-0.15, -0.1) is 0 Å². The van der Waals surface area contributed by atoms with Gasteiger partial charge in [0.1, 0.15) is 0 Å². The van der Waals surface area contributed by atoms with Crippen molar-refractivity contribution in [1.29, 1.82) is 0 Å². The lowest BCUT2D eigenvalue weighted by Gasteiger charge is -2.26. The Morgan fingerprint density at radius 2 is 2.18 bits per heavy atom. The Labute approximate surface area is 69.3 Å². The van der Waals surface area contributed by atoms with Gasteiger partial charge in [-0.05, 0) is 31.8 Å². The van der Waals surface area contributed by atoms with E-state index in [4.69, 9.17) is 4.74 Å². The van der Waals surface area contributed by atoms with Gasteiger partial charge < -0.3 is 10.1 Å². The molecule has 0 aromatic rings. The molecule has 1 N–H and O–H groups in total. The molecular formula is C9H19NO. The normalized spacial score (nSPS) is 18.3. The van der Waals surface area contributed by atoms with E-state index in [0.717, 1.165) is 19.1 Å². The Balaban J connectivity index is 1.73. The van der Waals surface area contributed by atoms with E-state index in [1.807, 2.05) is 0 Å². The zero-order valence-corrected chi connectivity index (χ0v) is 7.44. The smallest absolute Gasteiger partial charge is 0.0469 e. The summed E-state index contributed by atoms with van der Waals surface area (Å²) >= 11 is 0. The first-order chi connectivity index (χ1) is 5.43. The summed E-state index contributed by atoms with van der Waals surface area (Å²) in [6.45, 7) is 6.52. The van der Waals surface area contributed by atoms with Gasteiger partial charge in [-0.1, -0.05) is 13.3 Å². The largest absolute Gasteiger partial charge is 0.381 e. The van der Waals surface area contributed by atoms with E-state index in [0.29, 0.717) is 0 Å². The van der Waals surface area contributed by atoms with Crippen LogP contribution in [0.2, 0.25) is 0 Å². The van der Waals surface area contributed by atoms with Crippen molar-refractivity contribution in [3.63, 3.8) is 0 Å². The van der Waals surface area contributed by atoms with Gasteiger partial charge >= 0.3 is 0 Å². The lowest BCUT2D eigenvalue weighted by atomic mass is 10.0. The summed E-state index contributed by atoms with van der Waals surface area (Å²) in [5.74, 6) is 0.900. The van der Waals surface area contributed by atoms with Gasteiger partial charge in [0.25, 0.3) is 0 Å². The van der Waals surface area contributed by atoms with Crippen LogP contribution < -0.4 is 5.32 Å². The molecule has 0 aromatic heterocycles. The first-order valence-corrected chi connectivity index (χ1v) is 4.72. The van der Waals surface area contributed by atoms with Crippen LogP contribution in [-0.2, 0) is 4.74 Å². The molecule has 0 aromatic carbocycles. The Morgan fingerprint density at radius 3 is 2.73 bits per heavy atom. The topological polar surface area (TPSA) is 21.3 Å². The predicted molar refractivity (Wildman–Crippen MR) is 46.7 cm³/mol. The maximum atomic E-state index is 5.45. The quantitative estimate of drug-likeness (QED) is 0.589. The number of ether oxygens (including phenoxy) is 1. The highest BCUT2D eigenvalue weighted by molar-refractivity contribution is 4.73. The van der Waals surface area contributed by atoms with Crippen LogP contribution in [0.25, 0.3) is 0 Å². The molecule has 1 aliphatic heterocycles. The van der Waals surface area contributed by atoms with E-state index in [9.17, 15) is 0 Å². The summed E-state index contributed by atoms with van der Waals surface area (Å²) in [4.78, 5) is 0. The molecule has 2 nitrogen and oxygen atoms in total. The second kappa shape index (κ2) is 5.56. The van der Waals surface area contributed by atoms with E-state index in [1.165, 1.54) is 32.4 Å². The highest BCUT2D eigenvalue weighted by Gasteiger charge is 2.15. The first-order valence-electron chi connectivity index (χ1n) is 4.72. The monoisotopic (exact) mass is 157 g/mol. The molecule has 0 saturated carbocycles. The van der Waals surface area contributed by atoms with E-state index in [2.05, 4.69) is 12.2 Å². The van der Waals surface area contributed by atoms with Crippen LogP contribution in [0.15, 0.2) is 0 Å². The Kier molecular flexibility index (Phi) is 4.55. The molecule has 11 heavy (non-hydrogen) atoms. The van der Waals surface area contributed by atoms with Gasteiger partial charge in [0, 0.05) is 13.2 Å². The summed E-state index contributed by atoms with van der Waals surface area (Å²) in [7, 11) is 0. The molecule has 2 heteroatoms. The van der Waals surface area contributed by atoms with Gasteiger partial charge in [0.15, 0.2) is 0 Å². The zero-order valence-electron chi connectivity index (χ0n) is 7.44. The standard InChI is InChI=1S/C9H19NO/c1-2-3-5-11-6-4-9-7-10-8-9/h9-10H,2-8H2,1H3. The molecule has 1 saturated heterocycles. The molecule has 1 aliphatic rings. The minimum absolute atomic E-state index is 0.900. The lowest BCUT2D eigenvalue weighted by molar-refractivity contribution is 0.109. The summed E-state index contributed by atoms with van der Waals surface area (Å²) < 4.78 is 5.45. The summed E-state index contributed by atoms with van der Waals surface area (Å²) in [6, 6.07) is 0. The van der Waals surface area contributed by atoms with Crippen molar-refractivity contribution in [3.8, 4) is 0 Å². The molecule has 0 aliphatic carbocycles. The van der Waals surface area contributed by atoms with Crippen molar-refractivity contribution in [1.82, 2.24) is 5.32 Å². The lowest BCUT2D eigenvalue weighted by Crippen LogP contribution is -2.42. The van der Waals surface area contributed by atoms with Crippen molar-refractivity contribution in [2.45, 2.75) is 26.2 Å². The van der Waals surface area contributed by atoms with Crippen molar-refractivity contribution in [2.24, 2.45) is 5.92 Å². The van der Waals surface area contributed by atoms with Crippen LogP contribution in [0, 0.1) is 5.92 Å². The van der Waals surface area contributed by atoms with Crippen LogP contribution in [-0.4, -0.2) is 26.3 Å². The molecule has 1 heterocycles. The average Bonchev–Trinajstić information content (AvgIpc) is 1.93. The third kappa shape index (κ3) is 3.73. The Hall–Kier alpha value is -0.0800. The van der Waals surface area contributed by atoms with Gasteiger partial charge in [-0.2, -0.15) is 0 Å². The highest BCUT2D eigenvalue weighted by Crippen LogP contribution is 2.07. The minimum Gasteiger partial charge on any atom is -0.381 e. The molecule has 0 unspecified atom stereocenters. The molecule has 0 atom stereocenters. The second-order valence-electron chi connectivity index (χ2n) is 3.28. The second-order valence-corrected chi connectivity index (χ2v) is 3.28. The van der Waals surface area contributed by atoms with E-state index in [-0.39, 0.29) is 0 Å². The average molecular weight is 157 g/mol. The van der Waals surface area contributed by atoms with Crippen molar-refractivity contribution >= 4 is 0 Å².